The van der Waals surface area contributed by atoms with Gasteiger partial charge >= 0.3 is 0 Å². The highest BCUT2D eigenvalue weighted by atomic mass is 16.5. The van der Waals surface area contributed by atoms with E-state index in [4.69, 9.17) is 9.47 Å². The Labute approximate surface area is 109 Å². The van der Waals surface area contributed by atoms with Crippen molar-refractivity contribution in [3.05, 3.63) is 35.4 Å². The predicted molar refractivity (Wildman–Crippen MR) is 72.7 cm³/mol. The first kappa shape index (κ1) is 13.5. The predicted octanol–water partition coefficient (Wildman–Crippen LogP) is 2.31. The number of nitrogens with one attached hydrogen (secondary N) is 1. The molecule has 1 fully saturated rings. The van der Waals surface area contributed by atoms with Crippen molar-refractivity contribution in [1.29, 1.82) is 0 Å². The van der Waals surface area contributed by atoms with Crippen molar-refractivity contribution in [2.75, 3.05) is 33.4 Å². The van der Waals surface area contributed by atoms with Crippen LogP contribution >= 0.6 is 0 Å². The second kappa shape index (κ2) is 6.88. The molecule has 100 valence electrons. The zero-order valence-corrected chi connectivity index (χ0v) is 11.3. The van der Waals surface area contributed by atoms with Gasteiger partial charge < -0.3 is 14.8 Å². The van der Waals surface area contributed by atoms with E-state index in [0.29, 0.717) is 5.92 Å². The molecule has 1 N–H and O–H groups in total. The van der Waals surface area contributed by atoms with Crippen molar-refractivity contribution in [2.24, 2.45) is 5.92 Å². The molecule has 0 spiro atoms. The molecular formula is C15H23NO2. The quantitative estimate of drug-likeness (QED) is 0.839. The standard InChI is InChI=1S/C15H23NO2/c1-12-4-3-5-14(8-12)15(9-16-2)18-11-13-6-7-17-10-13/h3-5,8,13,15-16H,6-7,9-11H2,1-2H3. The third-order valence-electron chi connectivity index (χ3n) is 3.36. The molecule has 2 rings (SSSR count). The molecule has 0 amide bonds. The molecule has 3 nitrogen and oxygen atoms in total. The van der Waals surface area contributed by atoms with Crippen LogP contribution in [0.2, 0.25) is 0 Å². The summed E-state index contributed by atoms with van der Waals surface area (Å²) in [6.07, 6.45) is 1.26. The van der Waals surface area contributed by atoms with Crippen LogP contribution in [-0.2, 0) is 9.47 Å². The van der Waals surface area contributed by atoms with Crippen molar-refractivity contribution in [3.8, 4) is 0 Å². The zero-order chi connectivity index (χ0) is 12.8. The number of ether oxygens (including phenoxy) is 2. The molecule has 18 heavy (non-hydrogen) atoms. The summed E-state index contributed by atoms with van der Waals surface area (Å²) in [5.41, 5.74) is 2.53. The Balaban J connectivity index is 1.94. The Bertz CT molecular complexity index is 361. The molecule has 0 radical (unpaired) electrons. The second-order valence-electron chi connectivity index (χ2n) is 5.02. The molecule has 1 aromatic carbocycles. The number of rotatable bonds is 6. The van der Waals surface area contributed by atoms with Crippen LogP contribution in [0.5, 0.6) is 0 Å². The molecule has 2 unspecified atom stereocenters. The van der Waals surface area contributed by atoms with Crippen LogP contribution in [0, 0.1) is 12.8 Å². The van der Waals surface area contributed by atoms with E-state index in [2.05, 4.69) is 36.5 Å². The molecule has 1 aromatic rings. The minimum atomic E-state index is 0.135. The van der Waals surface area contributed by atoms with Gasteiger partial charge in [0, 0.05) is 19.1 Å². The fraction of sp³-hybridized carbons (Fsp3) is 0.600. The minimum absolute atomic E-state index is 0.135. The highest BCUT2D eigenvalue weighted by Gasteiger charge is 2.19. The van der Waals surface area contributed by atoms with E-state index in [0.717, 1.165) is 32.8 Å². The van der Waals surface area contributed by atoms with Gasteiger partial charge in [-0.3, -0.25) is 0 Å². The highest BCUT2D eigenvalue weighted by molar-refractivity contribution is 5.24. The van der Waals surface area contributed by atoms with E-state index < -0.39 is 0 Å². The van der Waals surface area contributed by atoms with Gasteiger partial charge in [-0.05, 0) is 26.0 Å². The lowest BCUT2D eigenvalue weighted by atomic mass is 10.1. The SMILES string of the molecule is CNCC(OCC1CCOC1)c1cccc(C)c1. The van der Waals surface area contributed by atoms with E-state index in [9.17, 15) is 0 Å². The summed E-state index contributed by atoms with van der Waals surface area (Å²) >= 11 is 0. The molecule has 1 heterocycles. The minimum Gasteiger partial charge on any atom is -0.381 e. The normalized spacial score (nSPS) is 21.1. The van der Waals surface area contributed by atoms with E-state index in [1.807, 2.05) is 7.05 Å². The molecule has 3 heteroatoms. The van der Waals surface area contributed by atoms with E-state index in [1.54, 1.807) is 0 Å². The van der Waals surface area contributed by atoms with Crippen molar-refractivity contribution >= 4 is 0 Å². The molecule has 1 aliphatic heterocycles. The first-order valence-corrected chi connectivity index (χ1v) is 6.70. The fourth-order valence-corrected chi connectivity index (χ4v) is 2.30. The van der Waals surface area contributed by atoms with Crippen molar-refractivity contribution in [2.45, 2.75) is 19.4 Å². The van der Waals surface area contributed by atoms with Crippen molar-refractivity contribution < 1.29 is 9.47 Å². The zero-order valence-electron chi connectivity index (χ0n) is 11.3. The molecule has 1 aliphatic rings. The topological polar surface area (TPSA) is 30.5 Å². The van der Waals surface area contributed by atoms with Gasteiger partial charge in [0.25, 0.3) is 0 Å². The van der Waals surface area contributed by atoms with Crippen LogP contribution < -0.4 is 5.32 Å². The highest BCUT2D eigenvalue weighted by Crippen LogP contribution is 2.21. The summed E-state index contributed by atoms with van der Waals surface area (Å²) in [4.78, 5) is 0. The molecule has 0 bridgehead atoms. The van der Waals surface area contributed by atoms with Crippen molar-refractivity contribution in [1.82, 2.24) is 5.32 Å². The van der Waals surface area contributed by atoms with Crippen LogP contribution in [0.15, 0.2) is 24.3 Å². The number of likely N-dealkylation sites (N-methyl/N-ethyl adjacent to an activating group) is 1. The Morgan fingerprint density at radius 1 is 1.50 bits per heavy atom. The first-order valence-electron chi connectivity index (χ1n) is 6.70. The number of hydrogen-bond donors (Lipinski definition) is 1. The maximum atomic E-state index is 6.06. The maximum absolute atomic E-state index is 6.06. The van der Waals surface area contributed by atoms with E-state index >= 15 is 0 Å². The van der Waals surface area contributed by atoms with Gasteiger partial charge in [0.05, 0.1) is 19.3 Å². The molecule has 2 atom stereocenters. The summed E-state index contributed by atoms with van der Waals surface area (Å²) in [6.45, 7) is 5.48. The first-order chi connectivity index (χ1) is 8.79. The molecule has 1 saturated heterocycles. The third-order valence-corrected chi connectivity index (χ3v) is 3.36. The lowest BCUT2D eigenvalue weighted by Gasteiger charge is -2.20. The van der Waals surface area contributed by atoms with E-state index in [-0.39, 0.29) is 6.10 Å². The van der Waals surface area contributed by atoms with E-state index in [1.165, 1.54) is 11.1 Å². The second-order valence-corrected chi connectivity index (χ2v) is 5.02. The average molecular weight is 249 g/mol. The van der Waals surface area contributed by atoms with Crippen LogP contribution in [-0.4, -0.2) is 33.4 Å². The third kappa shape index (κ3) is 3.80. The van der Waals surface area contributed by atoms with Gasteiger partial charge in [-0.2, -0.15) is 0 Å². The molecule has 0 saturated carbocycles. The van der Waals surface area contributed by atoms with Gasteiger partial charge in [-0.25, -0.2) is 0 Å². The summed E-state index contributed by atoms with van der Waals surface area (Å²) in [7, 11) is 1.96. The number of hydrogen-bond acceptors (Lipinski definition) is 3. The fourth-order valence-electron chi connectivity index (χ4n) is 2.30. The van der Waals surface area contributed by atoms with Crippen LogP contribution in [0.25, 0.3) is 0 Å². The maximum Gasteiger partial charge on any atom is 0.0949 e. The van der Waals surface area contributed by atoms with Crippen LogP contribution in [0.1, 0.15) is 23.7 Å². The smallest absolute Gasteiger partial charge is 0.0949 e. The number of aryl methyl sites for hydroxylation is 1. The Kier molecular flexibility index (Phi) is 5.17. The van der Waals surface area contributed by atoms with Gasteiger partial charge in [-0.15, -0.1) is 0 Å². The Morgan fingerprint density at radius 3 is 3.06 bits per heavy atom. The van der Waals surface area contributed by atoms with Gasteiger partial charge in [0.2, 0.25) is 0 Å². The molecule has 0 aliphatic carbocycles. The Morgan fingerprint density at radius 2 is 2.39 bits per heavy atom. The van der Waals surface area contributed by atoms with Gasteiger partial charge in [0.1, 0.15) is 0 Å². The summed E-state index contributed by atoms with van der Waals surface area (Å²) in [5.74, 6) is 0.564. The lowest BCUT2D eigenvalue weighted by molar-refractivity contribution is 0.0264. The summed E-state index contributed by atoms with van der Waals surface area (Å²) < 4.78 is 11.4. The average Bonchev–Trinajstić information content (AvgIpc) is 2.87. The number of benzene rings is 1. The summed E-state index contributed by atoms with van der Waals surface area (Å²) in [5, 5.41) is 3.20. The lowest BCUT2D eigenvalue weighted by Crippen LogP contribution is -2.22. The molecule has 0 aromatic heterocycles. The molecular weight excluding hydrogens is 226 g/mol. The monoisotopic (exact) mass is 249 g/mol. The van der Waals surface area contributed by atoms with Gasteiger partial charge in [0.15, 0.2) is 0 Å². The van der Waals surface area contributed by atoms with Crippen molar-refractivity contribution in [3.63, 3.8) is 0 Å². The van der Waals surface area contributed by atoms with Crippen LogP contribution in [0.3, 0.4) is 0 Å². The summed E-state index contributed by atoms with van der Waals surface area (Å²) in [6, 6.07) is 8.55. The largest absolute Gasteiger partial charge is 0.381 e. The van der Waals surface area contributed by atoms with Crippen LogP contribution in [0.4, 0.5) is 0 Å². The van der Waals surface area contributed by atoms with Gasteiger partial charge in [-0.1, -0.05) is 29.8 Å². The Hall–Kier alpha value is -0.900.